The summed E-state index contributed by atoms with van der Waals surface area (Å²) < 4.78 is 1.84. The van der Waals surface area contributed by atoms with Crippen LogP contribution in [0.4, 0.5) is 0 Å². The van der Waals surface area contributed by atoms with Crippen molar-refractivity contribution in [2.24, 2.45) is 0 Å². The van der Waals surface area contributed by atoms with Crippen LogP contribution < -0.4 is 0 Å². The van der Waals surface area contributed by atoms with Crippen LogP contribution in [0.5, 0.6) is 0 Å². The smallest absolute Gasteiger partial charge is 0.0682 e. The summed E-state index contributed by atoms with van der Waals surface area (Å²) in [6.45, 7) is 4.01. The molecule has 1 aromatic heterocycles. The molecule has 0 N–H and O–H groups in total. The largest absolute Gasteiger partial charge is 0.248 e. The van der Waals surface area contributed by atoms with Gasteiger partial charge in [-0.15, -0.1) is 0 Å². The van der Waals surface area contributed by atoms with Crippen molar-refractivity contribution in [3.05, 3.63) is 36.4 Å². The second kappa shape index (κ2) is 6.47. The van der Waals surface area contributed by atoms with Gasteiger partial charge in [0, 0.05) is 0 Å². The Kier molecular flexibility index (Phi) is 5.91. The Morgan fingerprint density at radius 1 is 0.875 bits per heavy atom. The number of aromatic nitrogens is 1. The molecule has 0 bridgehead atoms. The van der Waals surface area contributed by atoms with Gasteiger partial charge in [0.05, 0.1) is 18.2 Å². The molecule has 0 fully saturated rings. The zero-order chi connectivity index (χ0) is 12.3. The molecule has 0 amide bonds. The first-order valence-electron chi connectivity index (χ1n) is 4.45. The molecule has 5 heteroatoms. The van der Waals surface area contributed by atoms with Gasteiger partial charge in [0.15, 0.2) is 0 Å². The summed E-state index contributed by atoms with van der Waals surface area (Å²) in [6.07, 6.45) is 0. The zero-order valence-electron chi connectivity index (χ0n) is 8.69. The van der Waals surface area contributed by atoms with Gasteiger partial charge in [0.1, 0.15) is 0 Å². The molecule has 0 radical (unpaired) electrons. The first-order chi connectivity index (χ1) is 7.43. The minimum Gasteiger partial charge on any atom is -0.248 e. The molecule has 0 unspecified atom stereocenters. The van der Waals surface area contributed by atoms with Gasteiger partial charge in [-0.05, 0) is 101 Å². The minimum atomic E-state index is 0.921. The lowest BCUT2D eigenvalue weighted by atomic mass is 10.1. The first kappa shape index (κ1) is 14.6. The lowest BCUT2D eigenvalue weighted by molar-refractivity contribution is 1.22. The molecule has 1 rings (SSSR count). The number of hydrogen-bond acceptors (Lipinski definition) is 1. The van der Waals surface area contributed by atoms with Crippen LogP contribution in [0.15, 0.2) is 25.0 Å². The van der Waals surface area contributed by atoms with Crippen LogP contribution in [0, 0.1) is 0 Å². The topological polar surface area (TPSA) is 12.9 Å². The van der Waals surface area contributed by atoms with E-state index in [1.165, 1.54) is 0 Å². The van der Waals surface area contributed by atoms with Gasteiger partial charge in [0.2, 0.25) is 0 Å². The molecular weight excluding hydrogens is 466 g/mol. The van der Waals surface area contributed by atoms with Crippen molar-refractivity contribution >= 4 is 74.9 Å². The Morgan fingerprint density at radius 3 is 1.56 bits per heavy atom. The van der Waals surface area contributed by atoms with Gasteiger partial charge in [-0.1, -0.05) is 6.07 Å². The lowest BCUT2D eigenvalue weighted by Gasteiger charge is -2.06. The van der Waals surface area contributed by atoms with Crippen LogP contribution in [0.3, 0.4) is 0 Å². The predicted molar refractivity (Wildman–Crippen MR) is 85.1 cm³/mol. The fraction of sp³-hybridized carbons (Fsp3) is 0.182. The molecule has 0 aliphatic rings. The van der Waals surface area contributed by atoms with Gasteiger partial charge in [-0.3, -0.25) is 0 Å². The number of halogens is 4. The number of pyridine rings is 1. The number of allylic oxidation sites excluding steroid dienone is 2. The van der Waals surface area contributed by atoms with Gasteiger partial charge in [-0.25, -0.2) is 4.98 Å². The molecule has 86 valence electrons. The van der Waals surface area contributed by atoms with Gasteiger partial charge < -0.3 is 0 Å². The highest BCUT2D eigenvalue weighted by Gasteiger charge is 2.05. The van der Waals surface area contributed by atoms with Crippen molar-refractivity contribution in [1.29, 1.82) is 0 Å². The van der Waals surface area contributed by atoms with E-state index in [0.29, 0.717) is 0 Å². The standard InChI is InChI=1S/C11H9Br4N/c1-6(10(12)13)8-4-3-5-9(16-8)7(2)11(14)15/h3-5H,1-2H3. The third-order valence-corrected chi connectivity index (χ3v) is 4.46. The summed E-state index contributed by atoms with van der Waals surface area (Å²) in [7, 11) is 0. The summed E-state index contributed by atoms with van der Waals surface area (Å²) >= 11 is 13.6. The first-order valence-corrected chi connectivity index (χ1v) is 7.62. The maximum atomic E-state index is 4.58. The van der Waals surface area contributed by atoms with Crippen molar-refractivity contribution in [2.75, 3.05) is 0 Å². The van der Waals surface area contributed by atoms with E-state index in [-0.39, 0.29) is 0 Å². The van der Waals surface area contributed by atoms with Gasteiger partial charge >= 0.3 is 0 Å². The van der Waals surface area contributed by atoms with E-state index in [0.717, 1.165) is 29.3 Å². The molecule has 0 saturated heterocycles. The minimum absolute atomic E-state index is 0.921. The molecule has 1 nitrogen and oxygen atoms in total. The monoisotopic (exact) mass is 471 g/mol. The lowest BCUT2D eigenvalue weighted by Crippen LogP contribution is -1.92. The van der Waals surface area contributed by atoms with E-state index >= 15 is 0 Å². The predicted octanol–water partition coefficient (Wildman–Crippen LogP) is 6.04. The highest BCUT2D eigenvalue weighted by atomic mass is 79.9. The maximum Gasteiger partial charge on any atom is 0.0682 e. The molecule has 0 spiro atoms. The summed E-state index contributed by atoms with van der Waals surface area (Å²) in [5.74, 6) is 0. The van der Waals surface area contributed by atoms with E-state index in [1.54, 1.807) is 0 Å². The highest BCUT2D eigenvalue weighted by Crippen LogP contribution is 2.29. The maximum absolute atomic E-state index is 4.58. The van der Waals surface area contributed by atoms with E-state index in [4.69, 9.17) is 0 Å². The molecule has 0 aromatic carbocycles. The average Bonchev–Trinajstić information content (AvgIpc) is 2.26. The molecule has 0 saturated carbocycles. The summed E-state index contributed by atoms with van der Waals surface area (Å²) in [5, 5.41) is 0. The van der Waals surface area contributed by atoms with Crippen molar-refractivity contribution in [2.45, 2.75) is 13.8 Å². The normalized spacial score (nSPS) is 9.88. The third kappa shape index (κ3) is 3.79. The van der Waals surface area contributed by atoms with Crippen molar-refractivity contribution in [3.63, 3.8) is 0 Å². The van der Waals surface area contributed by atoms with Gasteiger partial charge in [-0.2, -0.15) is 0 Å². The van der Waals surface area contributed by atoms with E-state index in [1.807, 2.05) is 32.0 Å². The van der Waals surface area contributed by atoms with Crippen molar-refractivity contribution in [3.8, 4) is 0 Å². The van der Waals surface area contributed by atoms with Crippen LogP contribution in [-0.4, -0.2) is 4.98 Å². The second-order valence-electron chi connectivity index (χ2n) is 3.18. The number of nitrogens with zero attached hydrogens (tertiary/aromatic N) is 1. The molecule has 1 aromatic rings. The fourth-order valence-corrected chi connectivity index (χ4v) is 1.86. The number of rotatable bonds is 2. The highest BCUT2D eigenvalue weighted by molar-refractivity contribution is 9.28. The SMILES string of the molecule is CC(=C(Br)Br)c1cccc(C(C)=C(Br)Br)n1. The fourth-order valence-electron chi connectivity index (χ4n) is 1.05. The van der Waals surface area contributed by atoms with Crippen LogP contribution in [0.25, 0.3) is 11.1 Å². The summed E-state index contributed by atoms with van der Waals surface area (Å²) in [5.41, 5.74) is 4.03. The molecule has 1 heterocycles. The Morgan fingerprint density at radius 2 is 1.25 bits per heavy atom. The Balaban J connectivity index is 3.26. The second-order valence-corrected chi connectivity index (χ2v) is 8.48. The third-order valence-electron chi connectivity index (χ3n) is 2.08. The molecular formula is C11H9Br4N. The van der Waals surface area contributed by atoms with Crippen LogP contribution in [0.2, 0.25) is 0 Å². The van der Waals surface area contributed by atoms with Gasteiger partial charge in [0.25, 0.3) is 0 Å². The van der Waals surface area contributed by atoms with Crippen LogP contribution >= 0.6 is 63.7 Å². The van der Waals surface area contributed by atoms with E-state index in [9.17, 15) is 0 Å². The average molecular weight is 475 g/mol. The van der Waals surface area contributed by atoms with Crippen LogP contribution in [-0.2, 0) is 0 Å². The molecule has 16 heavy (non-hydrogen) atoms. The zero-order valence-corrected chi connectivity index (χ0v) is 15.0. The Hall–Kier alpha value is 0.550. The number of hydrogen-bond donors (Lipinski definition) is 0. The summed E-state index contributed by atoms with van der Waals surface area (Å²) in [6, 6.07) is 5.96. The van der Waals surface area contributed by atoms with E-state index in [2.05, 4.69) is 68.7 Å². The van der Waals surface area contributed by atoms with Crippen molar-refractivity contribution in [1.82, 2.24) is 4.98 Å². The van der Waals surface area contributed by atoms with Crippen LogP contribution in [0.1, 0.15) is 25.2 Å². The van der Waals surface area contributed by atoms with E-state index < -0.39 is 0 Å². The summed E-state index contributed by atoms with van der Waals surface area (Å²) in [4.78, 5) is 4.58. The Bertz CT molecular complexity index is 416. The van der Waals surface area contributed by atoms with Crippen molar-refractivity contribution < 1.29 is 0 Å². The quantitative estimate of drug-likeness (QED) is 0.509. The Labute approximate surface area is 129 Å². The molecule has 0 atom stereocenters. The molecule has 0 aliphatic carbocycles. The molecule has 0 aliphatic heterocycles.